The quantitative estimate of drug-likeness (QED) is 0.167. The average Bonchev–Trinajstić information content (AvgIpc) is 3.13. The molecule has 0 aromatic heterocycles. The summed E-state index contributed by atoms with van der Waals surface area (Å²) in [5.41, 5.74) is -28.0. The first-order valence-electron chi connectivity index (χ1n) is 19.6. The van der Waals surface area contributed by atoms with E-state index in [-0.39, 0.29) is 20.8 Å². The van der Waals surface area contributed by atoms with Gasteiger partial charge < -0.3 is 19.7 Å². The van der Waals surface area contributed by atoms with Crippen molar-refractivity contribution in [2.24, 2.45) is 34.5 Å². The number of carbonyl (C=O) groups is 2. The van der Waals surface area contributed by atoms with Gasteiger partial charge in [-0.15, -0.1) is 0 Å². The van der Waals surface area contributed by atoms with Crippen molar-refractivity contribution in [3.8, 4) is 0 Å². The largest absolute Gasteiger partial charge is 0.438 e. The molecule has 0 spiro atoms. The van der Waals surface area contributed by atoms with E-state index in [4.69, 9.17) is 0 Å². The van der Waals surface area contributed by atoms with Gasteiger partial charge in [-0.2, -0.15) is 119 Å². The maximum Gasteiger partial charge on any atom is 0.437 e. The molecule has 33 heteroatoms. The summed E-state index contributed by atoms with van der Waals surface area (Å²) in [7, 11) is 0. The fraction of sp³-hybridized carbons (Fsp3) is 0.944. The van der Waals surface area contributed by atoms with Crippen LogP contribution in [0.5, 0.6) is 0 Å². The van der Waals surface area contributed by atoms with Crippen LogP contribution in [-0.2, 0) is 19.1 Å². The van der Waals surface area contributed by atoms with Crippen LogP contribution in [0.2, 0.25) is 0 Å². The van der Waals surface area contributed by atoms with Crippen molar-refractivity contribution in [2.75, 3.05) is 0 Å². The highest BCUT2D eigenvalue weighted by molar-refractivity contribution is 5.78. The molecule has 0 heterocycles. The zero-order valence-electron chi connectivity index (χ0n) is 35.6. The van der Waals surface area contributed by atoms with E-state index in [2.05, 4.69) is 9.47 Å². The predicted octanol–water partition coefficient (Wildman–Crippen LogP) is 13.5. The van der Waals surface area contributed by atoms with Crippen molar-refractivity contribution in [2.45, 2.75) is 177 Å². The highest BCUT2D eigenvalue weighted by Gasteiger charge is 2.81. The van der Waals surface area contributed by atoms with Gasteiger partial charge in [-0.05, 0) is 84.5 Å². The number of alkyl halides is 27. The van der Waals surface area contributed by atoms with Gasteiger partial charge >= 0.3 is 78.7 Å². The molecule has 6 nitrogen and oxygen atoms in total. The van der Waals surface area contributed by atoms with Gasteiger partial charge in [-0.25, -0.2) is 0 Å². The van der Waals surface area contributed by atoms with Crippen LogP contribution in [0.1, 0.15) is 98.8 Å². The second-order valence-electron chi connectivity index (χ2n) is 17.1. The van der Waals surface area contributed by atoms with Crippen molar-refractivity contribution in [1.29, 1.82) is 0 Å². The van der Waals surface area contributed by atoms with Crippen LogP contribution in [0, 0.1) is 34.5 Å². The second-order valence-corrected chi connectivity index (χ2v) is 17.1. The van der Waals surface area contributed by atoms with Crippen molar-refractivity contribution in [3.05, 3.63) is 0 Å². The van der Waals surface area contributed by atoms with E-state index >= 15 is 0 Å². The predicted molar refractivity (Wildman–Crippen MR) is 175 cm³/mol. The monoisotopic (exact) mass is 1080 g/mol. The van der Waals surface area contributed by atoms with Crippen molar-refractivity contribution in [3.63, 3.8) is 0 Å². The molecular weight excluding hydrogens is 1040 g/mol. The van der Waals surface area contributed by atoms with E-state index in [1.807, 2.05) is 0 Å². The molecule has 0 saturated heterocycles. The highest BCUT2D eigenvalue weighted by Crippen LogP contribution is 2.61. The first kappa shape index (κ1) is 64.0. The summed E-state index contributed by atoms with van der Waals surface area (Å²) in [4.78, 5) is 24.3. The normalized spacial score (nSPS) is 24.2. The molecule has 0 aromatic rings. The Morgan fingerprint density at radius 3 is 0.913 bits per heavy atom. The molecular formula is C36H41F27O6. The van der Waals surface area contributed by atoms with Gasteiger partial charge in [0.1, 0.15) is 0 Å². The van der Waals surface area contributed by atoms with Crippen molar-refractivity contribution >= 4 is 11.9 Å². The molecule has 0 aromatic carbocycles. The molecule has 0 amide bonds. The first-order chi connectivity index (χ1) is 30.0. The van der Waals surface area contributed by atoms with Gasteiger partial charge in [0, 0.05) is 17.8 Å². The van der Waals surface area contributed by atoms with Gasteiger partial charge in [0.15, 0.2) is 16.4 Å². The van der Waals surface area contributed by atoms with Gasteiger partial charge in [0.25, 0.3) is 5.60 Å². The molecule has 0 bridgehead atoms. The Bertz CT molecular complexity index is 1700. The fourth-order valence-corrected chi connectivity index (χ4v) is 7.93. The third-order valence-electron chi connectivity index (χ3n) is 13.1. The summed E-state index contributed by atoms with van der Waals surface area (Å²) in [5, 5.41) is 19.2. The molecule has 0 radical (unpaired) electrons. The van der Waals surface area contributed by atoms with Gasteiger partial charge in [-0.3, -0.25) is 9.59 Å². The number of esters is 2. The fourth-order valence-electron chi connectivity index (χ4n) is 7.93. The molecule has 2 N–H and O–H groups in total. The third-order valence-corrected chi connectivity index (χ3v) is 13.1. The summed E-state index contributed by atoms with van der Waals surface area (Å²) in [5.74, 6) is -17.0. The Morgan fingerprint density at radius 2 is 0.667 bits per heavy atom. The maximum absolute atomic E-state index is 13.9. The smallest absolute Gasteiger partial charge is 0.437 e. The third kappa shape index (κ3) is 11.5. The number of ether oxygens (including phenoxy) is 2. The van der Waals surface area contributed by atoms with Crippen molar-refractivity contribution < 1.29 is 148 Å². The number of carbonyl (C=O) groups excluding carboxylic acids is 2. The Labute approximate surface area is 371 Å². The molecule has 5 atom stereocenters. The number of hydrogen-bond acceptors (Lipinski definition) is 6. The van der Waals surface area contributed by atoms with E-state index in [9.17, 15) is 138 Å². The molecule has 5 unspecified atom stereocenters. The van der Waals surface area contributed by atoms with E-state index in [1.165, 1.54) is 0 Å². The number of aliphatic hydroxyl groups is 2. The lowest BCUT2D eigenvalue weighted by molar-refractivity contribution is -0.401. The summed E-state index contributed by atoms with van der Waals surface area (Å²) < 4.78 is 371. The van der Waals surface area contributed by atoms with Crippen LogP contribution in [-0.4, -0.2) is 100 Å². The minimum Gasteiger partial charge on any atom is -0.438 e. The number of hydrogen-bond donors (Lipinski definition) is 2. The topological polar surface area (TPSA) is 93.1 Å². The lowest BCUT2D eigenvalue weighted by Gasteiger charge is -2.48. The van der Waals surface area contributed by atoms with Crippen LogP contribution in [0.25, 0.3) is 0 Å². The minimum atomic E-state index is -6.68. The molecule has 2 rings (SSSR count). The second kappa shape index (κ2) is 19.4. The molecule has 2 fully saturated rings. The maximum atomic E-state index is 13.9. The lowest BCUT2D eigenvalue weighted by Crippen LogP contribution is -2.67. The highest BCUT2D eigenvalue weighted by atomic mass is 19.5. The number of rotatable bonds is 10. The Morgan fingerprint density at radius 1 is 0.391 bits per heavy atom. The average molecular weight is 1080 g/mol. The molecule has 69 heavy (non-hydrogen) atoms. The summed E-state index contributed by atoms with van der Waals surface area (Å²) in [6, 6.07) is 0. The van der Waals surface area contributed by atoms with Gasteiger partial charge in [0.2, 0.25) is 0 Å². The SMILES string of the molecule is CCC(C)(C(=O)OC(C1CCC(C(O)(C(F)(F)F)C(F)(F)F)CC1)(C(F)(F)F)C(F)(F)F)C(F)(F)F.CCC(C)(C(=O)OC(C1CCCC(C(C)(O)C(F)(F)F)C1)(C(F)(F)F)C(F)(F)F)C(F)(F)F. The van der Waals surface area contributed by atoms with Crippen LogP contribution < -0.4 is 0 Å². The molecule has 0 aliphatic heterocycles. The van der Waals surface area contributed by atoms with Crippen LogP contribution >= 0.6 is 0 Å². The molecule has 410 valence electrons. The van der Waals surface area contributed by atoms with E-state index < -0.39 is 189 Å². The minimum absolute atomic E-state index is 0.0312. The lowest BCUT2D eigenvalue weighted by atomic mass is 9.67. The van der Waals surface area contributed by atoms with Gasteiger partial charge in [0.05, 0.1) is 0 Å². The summed E-state index contributed by atoms with van der Waals surface area (Å²) in [6.45, 7) is 1.50. The Hall–Kier alpha value is -3.03. The first-order valence-corrected chi connectivity index (χ1v) is 19.6. The molecule has 2 saturated carbocycles. The molecule has 2 aliphatic rings. The Balaban J connectivity index is 0.000000693. The zero-order valence-corrected chi connectivity index (χ0v) is 35.6. The summed E-state index contributed by atoms with van der Waals surface area (Å²) in [6.07, 6.45) is -69.4. The van der Waals surface area contributed by atoms with Crippen LogP contribution in [0.3, 0.4) is 0 Å². The van der Waals surface area contributed by atoms with Crippen LogP contribution in [0.15, 0.2) is 0 Å². The standard InChI is InChI=1S/C18H19F15O3.C18H22F12O3/c1-3-11(2,14(19,20)21)10(34)36-13(17(28,29)30,18(31,32)33)9-6-4-8(5-7-9)12(35,15(22,23)24)16(25,26)27;1-4-12(2,15(19,20)21)11(31)33-14(17(25,26)27,18(28,29)30)10-7-5-6-9(8-10)13(3,32)16(22,23)24/h8-9,35H,3-7H2,1-2H3;9-10,32H,4-8H2,1-3H3. The van der Waals surface area contributed by atoms with E-state index in [1.54, 1.807) is 0 Å². The molecule has 2 aliphatic carbocycles. The van der Waals surface area contributed by atoms with E-state index in [0.29, 0.717) is 13.8 Å². The summed E-state index contributed by atoms with van der Waals surface area (Å²) >= 11 is 0. The van der Waals surface area contributed by atoms with Crippen LogP contribution in [0.4, 0.5) is 119 Å². The van der Waals surface area contributed by atoms with Crippen molar-refractivity contribution in [1.82, 2.24) is 0 Å². The van der Waals surface area contributed by atoms with E-state index in [0.717, 1.165) is 0 Å². The Kier molecular flexibility index (Phi) is 18.0. The number of halogens is 27. The van der Waals surface area contributed by atoms with Gasteiger partial charge in [-0.1, -0.05) is 20.3 Å². The zero-order chi connectivity index (χ0) is 55.4.